The van der Waals surface area contributed by atoms with Crippen LogP contribution >= 0.6 is 0 Å². The quantitative estimate of drug-likeness (QED) is 0.527. The molecule has 0 aliphatic rings. The molecular weight excluding hydrogens is 142 g/mol. The summed E-state index contributed by atoms with van der Waals surface area (Å²) in [7, 11) is 1.66. The molecule has 3 N–H and O–H groups in total. The number of aromatic nitrogens is 1. The molecule has 0 saturated heterocycles. The molecule has 0 unspecified atom stereocenters. The third kappa shape index (κ3) is 2.43. The van der Waals surface area contributed by atoms with Gasteiger partial charge < -0.3 is 4.98 Å². The predicted molar refractivity (Wildman–Crippen MR) is 41.7 cm³/mol. The van der Waals surface area contributed by atoms with Gasteiger partial charge in [-0.05, 0) is 11.6 Å². The summed E-state index contributed by atoms with van der Waals surface area (Å²) in [5.41, 5.74) is 6.04. The van der Waals surface area contributed by atoms with Gasteiger partial charge in [-0.25, -0.2) is 5.43 Å². The highest BCUT2D eigenvalue weighted by Crippen LogP contribution is 1.96. The molecule has 11 heavy (non-hydrogen) atoms. The Morgan fingerprint density at radius 1 is 1.73 bits per heavy atom. The van der Waals surface area contributed by atoms with Crippen LogP contribution in [0.25, 0.3) is 0 Å². The third-order valence-electron chi connectivity index (χ3n) is 1.29. The van der Waals surface area contributed by atoms with Crippen LogP contribution in [0.15, 0.2) is 18.5 Å². The van der Waals surface area contributed by atoms with Crippen molar-refractivity contribution in [1.82, 2.24) is 15.8 Å². The van der Waals surface area contributed by atoms with E-state index in [1.807, 2.05) is 6.07 Å². The highest BCUT2D eigenvalue weighted by atomic mass is 16.2. The fourth-order valence-electron chi connectivity index (χ4n) is 0.837. The molecule has 1 heterocycles. The van der Waals surface area contributed by atoms with Crippen LogP contribution in [0.5, 0.6) is 0 Å². The summed E-state index contributed by atoms with van der Waals surface area (Å²) in [5.74, 6) is -0.0351. The van der Waals surface area contributed by atoms with Crippen molar-refractivity contribution in [2.75, 3.05) is 7.05 Å². The Balaban J connectivity index is 2.37. The number of amides is 1. The van der Waals surface area contributed by atoms with Gasteiger partial charge in [-0.15, -0.1) is 0 Å². The molecule has 0 aliphatic carbocycles. The maximum Gasteiger partial charge on any atom is 0.238 e. The van der Waals surface area contributed by atoms with Gasteiger partial charge in [-0.2, -0.15) is 0 Å². The molecule has 0 atom stereocenters. The third-order valence-corrected chi connectivity index (χ3v) is 1.29. The van der Waals surface area contributed by atoms with Crippen molar-refractivity contribution in [3.05, 3.63) is 24.0 Å². The summed E-state index contributed by atoms with van der Waals surface area (Å²) < 4.78 is 0. The molecule has 1 aromatic heterocycles. The molecular formula is C7H11N3O. The Bertz CT molecular complexity index is 218. The minimum atomic E-state index is -0.0351. The maximum atomic E-state index is 10.9. The molecule has 0 fully saturated rings. The second kappa shape index (κ2) is 3.78. The van der Waals surface area contributed by atoms with Gasteiger partial charge in [0.15, 0.2) is 0 Å². The Labute approximate surface area is 65.0 Å². The van der Waals surface area contributed by atoms with E-state index in [4.69, 9.17) is 0 Å². The molecule has 0 aromatic carbocycles. The van der Waals surface area contributed by atoms with E-state index in [0.717, 1.165) is 5.56 Å². The van der Waals surface area contributed by atoms with E-state index in [0.29, 0.717) is 6.42 Å². The second-order valence-corrected chi connectivity index (χ2v) is 2.19. The standard InChI is InChI=1S/C7H11N3O/c1-8-10-7(11)4-6-2-3-9-5-6/h2-3,5,8-9H,4H2,1H3,(H,10,11). The lowest BCUT2D eigenvalue weighted by atomic mass is 10.2. The van der Waals surface area contributed by atoms with Crippen molar-refractivity contribution >= 4 is 5.91 Å². The first-order valence-corrected chi connectivity index (χ1v) is 3.40. The summed E-state index contributed by atoms with van der Waals surface area (Å²) in [5, 5.41) is 0. The molecule has 4 nitrogen and oxygen atoms in total. The van der Waals surface area contributed by atoms with Gasteiger partial charge in [0, 0.05) is 19.4 Å². The Morgan fingerprint density at radius 2 is 2.55 bits per heavy atom. The van der Waals surface area contributed by atoms with Crippen LogP contribution in [0.4, 0.5) is 0 Å². The lowest BCUT2D eigenvalue weighted by molar-refractivity contribution is -0.121. The molecule has 1 amide bonds. The highest BCUT2D eigenvalue weighted by Gasteiger charge is 2.00. The summed E-state index contributed by atoms with van der Waals surface area (Å²) in [6.07, 6.45) is 4.00. The fraction of sp³-hybridized carbons (Fsp3) is 0.286. The second-order valence-electron chi connectivity index (χ2n) is 2.19. The largest absolute Gasteiger partial charge is 0.367 e. The van der Waals surface area contributed by atoms with E-state index in [1.54, 1.807) is 19.4 Å². The number of aromatic amines is 1. The van der Waals surface area contributed by atoms with Gasteiger partial charge in [0.1, 0.15) is 0 Å². The van der Waals surface area contributed by atoms with E-state index in [-0.39, 0.29) is 5.91 Å². The smallest absolute Gasteiger partial charge is 0.238 e. The van der Waals surface area contributed by atoms with Crippen molar-refractivity contribution in [2.24, 2.45) is 0 Å². The highest BCUT2D eigenvalue weighted by molar-refractivity contribution is 5.77. The van der Waals surface area contributed by atoms with Crippen molar-refractivity contribution in [1.29, 1.82) is 0 Å². The minimum Gasteiger partial charge on any atom is -0.367 e. The van der Waals surface area contributed by atoms with E-state index in [9.17, 15) is 4.79 Å². The SMILES string of the molecule is CNNC(=O)Cc1cc[nH]c1. The van der Waals surface area contributed by atoms with Crippen LogP contribution in [-0.4, -0.2) is 17.9 Å². The van der Waals surface area contributed by atoms with Gasteiger partial charge >= 0.3 is 0 Å². The van der Waals surface area contributed by atoms with Crippen LogP contribution in [0.1, 0.15) is 5.56 Å². The molecule has 0 aliphatic heterocycles. The molecule has 0 bridgehead atoms. The first-order chi connectivity index (χ1) is 5.33. The lowest BCUT2D eigenvalue weighted by Gasteiger charge is -1.99. The topological polar surface area (TPSA) is 56.9 Å². The van der Waals surface area contributed by atoms with Crippen LogP contribution in [-0.2, 0) is 11.2 Å². The molecule has 1 aromatic rings. The average Bonchev–Trinajstić information content (AvgIpc) is 2.40. The molecule has 0 spiro atoms. The molecule has 0 saturated carbocycles. The van der Waals surface area contributed by atoms with Gasteiger partial charge in [-0.3, -0.25) is 10.2 Å². The molecule has 1 rings (SSSR count). The van der Waals surface area contributed by atoms with Crippen molar-refractivity contribution in [2.45, 2.75) is 6.42 Å². The van der Waals surface area contributed by atoms with Crippen molar-refractivity contribution < 1.29 is 4.79 Å². The fourth-order valence-corrected chi connectivity index (χ4v) is 0.837. The van der Waals surface area contributed by atoms with Crippen LogP contribution in [0.3, 0.4) is 0 Å². The Hall–Kier alpha value is -1.29. The number of carbonyl (C=O) groups is 1. The van der Waals surface area contributed by atoms with Crippen molar-refractivity contribution in [3.63, 3.8) is 0 Å². The van der Waals surface area contributed by atoms with E-state index in [1.165, 1.54) is 0 Å². The average molecular weight is 153 g/mol. The van der Waals surface area contributed by atoms with Crippen LogP contribution in [0, 0.1) is 0 Å². The molecule has 60 valence electrons. The van der Waals surface area contributed by atoms with Gasteiger partial charge in [-0.1, -0.05) is 0 Å². The van der Waals surface area contributed by atoms with Gasteiger partial charge in [0.25, 0.3) is 0 Å². The first-order valence-electron chi connectivity index (χ1n) is 3.40. The Morgan fingerprint density at radius 3 is 3.09 bits per heavy atom. The van der Waals surface area contributed by atoms with Crippen LogP contribution < -0.4 is 10.9 Å². The number of rotatable bonds is 3. The van der Waals surface area contributed by atoms with Crippen molar-refractivity contribution in [3.8, 4) is 0 Å². The molecule has 4 heteroatoms. The zero-order valence-corrected chi connectivity index (χ0v) is 6.35. The molecule has 0 radical (unpaired) electrons. The van der Waals surface area contributed by atoms with E-state index < -0.39 is 0 Å². The summed E-state index contributed by atoms with van der Waals surface area (Å²) in [4.78, 5) is 13.8. The number of hydrazine groups is 1. The van der Waals surface area contributed by atoms with Crippen LogP contribution in [0.2, 0.25) is 0 Å². The normalized spacial score (nSPS) is 9.55. The summed E-state index contributed by atoms with van der Waals surface area (Å²) in [6, 6.07) is 1.87. The zero-order chi connectivity index (χ0) is 8.10. The first kappa shape index (κ1) is 7.81. The number of hydrogen-bond acceptors (Lipinski definition) is 2. The number of H-pyrrole nitrogens is 1. The number of nitrogens with one attached hydrogen (secondary N) is 3. The summed E-state index contributed by atoms with van der Waals surface area (Å²) >= 11 is 0. The monoisotopic (exact) mass is 153 g/mol. The zero-order valence-electron chi connectivity index (χ0n) is 6.35. The lowest BCUT2D eigenvalue weighted by Crippen LogP contribution is -2.35. The van der Waals surface area contributed by atoms with Gasteiger partial charge in [0.2, 0.25) is 5.91 Å². The number of carbonyl (C=O) groups excluding carboxylic acids is 1. The van der Waals surface area contributed by atoms with E-state index >= 15 is 0 Å². The summed E-state index contributed by atoms with van der Waals surface area (Å²) in [6.45, 7) is 0. The number of hydrogen-bond donors (Lipinski definition) is 3. The minimum absolute atomic E-state index is 0.0351. The Kier molecular flexibility index (Phi) is 2.68. The van der Waals surface area contributed by atoms with Gasteiger partial charge in [0.05, 0.1) is 6.42 Å². The predicted octanol–water partition coefficient (Wildman–Crippen LogP) is -0.192. The van der Waals surface area contributed by atoms with E-state index in [2.05, 4.69) is 15.8 Å². The maximum absolute atomic E-state index is 10.9.